The molecule has 0 fully saturated rings. The third-order valence-corrected chi connectivity index (χ3v) is 4.57. The summed E-state index contributed by atoms with van der Waals surface area (Å²) >= 11 is 3.45. The molecule has 0 spiro atoms. The van der Waals surface area contributed by atoms with E-state index in [-0.39, 0.29) is 12.1 Å². The number of halogens is 1. The van der Waals surface area contributed by atoms with Crippen LogP contribution in [-0.4, -0.2) is 22.3 Å². The largest absolute Gasteiger partial charge is 0.365 e. The summed E-state index contributed by atoms with van der Waals surface area (Å²) in [6.45, 7) is 5.44. The Labute approximate surface area is 150 Å². The fourth-order valence-corrected chi connectivity index (χ4v) is 3.18. The summed E-state index contributed by atoms with van der Waals surface area (Å²) in [5, 5.41) is 1.68. The van der Waals surface area contributed by atoms with Crippen LogP contribution in [0.1, 0.15) is 38.1 Å². The zero-order valence-electron chi connectivity index (χ0n) is 13.9. The van der Waals surface area contributed by atoms with Gasteiger partial charge in [-0.05, 0) is 37.1 Å². The number of carbonyl (C=O) groups is 1. The highest BCUT2D eigenvalue weighted by atomic mass is 79.9. The van der Waals surface area contributed by atoms with Crippen LogP contribution < -0.4 is 0 Å². The third-order valence-electron chi connectivity index (χ3n) is 4.05. The Balaban J connectivity index is 2.08. The van der Waals surface area contributed by atoms with Crippen LogP contribution in [0, 0.1) is 0 Å². The average molecular weight is 387 g/mol. The van der Waals surface area contributed by atoms with Crippen molar-refractivity contribution < 1.29 is 9.63 Å². The van der Waals surface area contributed by atoms with Crippen molar-refractivity contribution in [3.05, 3.63) is 70.2 Å². The average Bonchev–Trinajstić information content (AvgIpc) is 2.80. The van der Waals surface area contributed by atoms with Crippen molar-refractivity contribution in [2.24, 2.45) is 4.99 Å². The normalized spacial score (nSPS) is 19.8. The number of hydrogen-bond donors (Lipinski definition) is 0. The lowest BCUT2D eigenvalue weighted by Crippen LogP contribution is -2.47. The van der Waals surface area contributed by atoms with Crippen LogP contribution in [0.25, 0.3) is 0 Å². The number of rotatable bonds is 3. The molecule has 2 aromatic rings. The maximum absolute atomic E-state index is 11.6. The van der Waals surface area contributed by atoms with Crippen LogP contribution in [0.4, 0.5) is 0 Å². The Bertz CT molecular complexity index is 770. The second-order valence-electron chi connectivity index (χ2n) is 6.24. The highest BCUT2D eigenvalue weighted by Gasteiger charge is 2.46. The van der Waals surface area contributed by atoms with Gasteiger partial charge in [0.25, 0.3) is 0 Å². The van der Waals surface area contributed by atoms with Crippen LogP contribution in [0.5, 0.6) is 0 Å². The molecule has 1 aliphatic rings. The first-order valence-corrected chi connectivity index (χ1v) is 8.56. The number of hydrogen-bond acceptors (Lipinski definition) is 4. The van der Waals surface area contributed by atoms with Gasteiger partial charge in [0.05, 0.1) is 11.3 Å². The molecular weight excluding hydrogens is 368 g/mol. The molecule has 0 unspecified atom stereocenters. The monoisotopic (exact) mass is 386 g/mol. The lowest BCUT2D eigenvalue weighted by Gasteiger charge is -2.33. The van der Waals surface area contributed by atoms with Gasteiger partial charge in [0.15, 0.2) is 6.17 Å². The van der Waals surface area contributed by atoms with Crippen molar-refractivity contribution in [3.8, 4) is 0 Å². The van der Waals surface area contributed by atoms with Gasteiger partial charge in [-0.3, -0.25) is 9.79 Å². The van der Waals surface area contributed by atoms with E-state index in [0.717, 1.165) is 21.3 Å². The molecule has 0 amide bonds. The summed E-state index contributed by atoms with van der Waals surface area (Å²) in [6.07, 6.45) is -0.368. The van der Waals surface area contributed by atoms with Crippen molar-refractivity contribution in [2.75, 3.05) is 0 Å². The summed E-state index contributed by atoms with van der Waals surface area (Å²) in [6, 6.07) is 17.9. The van der Waals surface area contributed by atoms with Gasteiger partial charge < -0.3 is 4.84 Å². The van der Waals surface area contributed by atoms with Gasteiger partial charge in [-0.2, -0.15) is 0 Å². The van der Waals surface area contributed by atoms with E-state index in [1.807, 2.05) is 68.4 Å². The molecule has 0 aromatic heterocycles. The molecule has 0 N–H and O–H groups in total. The summed E-state index contributed by atoms with van der Waals surface area (Å²) < 4.78 is 0.995. The first-order valence-electron chi connectivity index (χ1n) is 7.76. The lowest BCUT2D eigenvalue weighted by atomic mass is 9.93. The SMILES string of the molecule is CC(=O)ON1[C@@H](c2ccc(Br)cc2)N=C(c2ccccc2)C1(C)C. The molecule has 0 bridgehead atoms. The number of nitrogens with zero attached hydrogens (tertiary/aromatic N) is 2. The minimum absolute atomic E-state index is 0.352. The minimum Gasteiger partial charge on any atom is -0.365 e. The summed E-state index contributed by atoms with van der Waals surface area (Å²) in [5.74, 6) is -0.352. The van der Waals surface area contributed by atoms with Crippen LogP contribution >= 0.6 is 15.9 Å². The molecule has 4 nitrogen and oxygen atoms in total. The van der Waals surface area contributed by atoms with Crippen LogP contribution in [-0.2, 0) is 9.63 Å². The molecule has 24 heavy (non-hydrogen) atoms. The first-order chi connectivity index (χ1) is 11.4. The summed E-state index contributed by atoms with van der Waals surface area (Å²) in [5.41, 5.74) is 2.36. The Morgan fingerprint density at radius 1 is 1.12 bits per heavy atom. The summed E-state index contributed by atoms with van der Waals surface area (Å²) in [7, 11) is 0. The molecule has 1 heterocycles. The van der Waals surface area contributed by atoms with Crippen molar-refractivity contribution in [1.29, 1.82) is 0 Å². The second-order valence-corrected chi connectivity index (χ2v) is 7.15. The Hall–Kier alpha value is -1.98. The van der Waals surface area contributed by atoms with Gasteiger partial charge >= 0.3 is 5.97 Å². The Morgan fingerprint density at radius 2 is 1.75 bits per heavy atom. The number of hydroxylamine groups is 2. The molecule has 2 aromatic carbocycles. The molecule has 3 rings (SSSR count). The number of carbonyl (C=O) groups excluding carboxylic acids is 1. The van der Waals surface area contributed by atoms with E-state index >= 15 is 0 Å². The van der Waals surface area contributed by atoms with Crippen LogP contribution in [0.3, 0.4) is 0 Å². The van der Waals surface area contributed by atoms with Gasteiger partial charge in [-0.15, -0.1) is 0 Å². The number of aliphatic imine (C=N–C) groups is 1. The lowest BCUT2D eigenvalue weighted by molar-refractivity contribution is -0.214. The third kappa shape index (κ3) is 3.14. The summed E-state index contributed by atoms with van der Waals surface area (Å²) in [4.78, 5) is 22.1. The maximum atomic E-state index is 11.6. The zero-order valence-corrected chi connectivity index (χ0v) is 15.4. The van der Waals surface area contributed by atoms with E-state index in [1.165, 1.54) is 6.92 Å². The topological polar surface area (TPSA) is 41.9 Å². The Morgan fingerprint density at radius 3 is 2.33 bits per heavy atom. The molecule has 1 aliphatic heterocycles. The predicted molar refractivity (Wildman–Crippen MR) is 97.5 cm³/mol. The van der Waals surface area contributed by atoms with E-state index in [1.54, 1.807) is 5.06 Å². The van der Waals surface area contributed by atoms with Gasteiger partial charge in [-0.25, -0.2) is 0 Å². The van der Waals surface area contributed by atoms with E-state index in [4.69, 9.17) is 9.83 Å². The Kier molecular flexibility index (Phi) is 4.56. The van der Waals surface area contributed by atoms with Crippen molar-refractivity contribution in [2.45, 2.75) is 32.5 Å². The van der Waals surface area contributed by atoms with Crippen molar-refractivity contribution in [3.63, 3.8) is 0 Å². The van der Waals surface area contributed by atoms with Crippen molar-refractivity contribution >= 4 is 27.6 Å². The van der Waals surface area contributed by atoms with E-state index in [9.17, 15) is 4.79 Å². The molecular formula is C19H19BrN2O2. The second kappa shape index (κ2) is 6.49. The zero-order chi connectivity index (χ0) is 17.3. The van der Waals surface area contributed by atoms with Crippen LogP contribution in [0.2, 0.25) is 0 Å². The van der Waals surface area contributed by atoms with E-state index in [2.05, 4.69) is 15.9 Å². The molecule has 0 radical (unpaired) electrons. The molecule has 0 aliphatic carbocycles. The molecule has 0 saturated heterocycles. The van der Waals surface area contributed by atoms with Gasteiger partial charge in [-0.1, -0.05) is 63.5 Å². The fraction of sp³-hybridized carbons (Fsp3) is 0.263. The van der Waals surface area contributed by atoms with Gasteiger partial charge in [0.2, 0.25) is 0 Å². The van der Waals surface area contributed by atoms with E-state index in [0.29, 0.717) is 0 Å². The number of benzene rings is 2. The van der Waals surface area contributed by atoms with Gasteiger partial charge in [0.1, 0.15) is 0 Å². The quantitative estimate of drug-likeness (QED) is 0.778. The molecule has 124 valence electrons. The standard InChI is InChI=1S/C19H19BrN2O2/c1-13(23)24-22-18(15-9-11-16(20)12-10-15)21-17(19(22,2)3)14-7-5-4-6-8-14/h4-12,18H,1-3H3/t18-/m0/s1. The highest BCUT2D eigenvalue weighted by molar-refractivity contribution is 9.10. The van der Waals surface area contributed by atoms with Crippen LogP contribution in [0.15, 0.2) is 64.1 Å². The predicted octanol–water partition coefficient (Wildman–Crippen LogP) is 4.51. The molecule has 0 saturated carbocycles. The minimum atomic E-state index is -0.537. The molecule has 5 heteroatoms. The smallest absolute Gasteiger partial charge is 0.322 e. The maximum Gasteiger partial charge on any atom is 0.322 e. The van der Waals surface area contributed by atoms with Crippen molar-refractivity contribution in [1.82, 2.24) is 5.06 Å². The first kappa shape index (κ1) is 16.9. The van der Waals surface area contributed by atoms with Gasteiger partial charge in [0, 0.05) is 11.4 Å². The fourth-order valence-electron chi connectivity index (χ4n) is 2.91. The molecule has 1 atom stereocenters. The highest BCUT2D eigenvalue weighted by Crippen LogP contribution is 2.39. The van der Waals surface area contributed by atoms with E-state index < -0.39 is 5.54 Å².